The van der Waals surface area contributed by atoms with Crippen LogP contribution in [0.15, 0.2) is 18.5 Å². The van der Waals surface area contributed by atoms with E-state index >= 15 is 0 Å². The number of pyridine rings is 1. The maximum absolute atomic E-state index is 11.7. The number of hydrogen-bond acceptors (Lipinski definition) is 7. The van der Waals surface area contributed by atoms with Crippen molar-refractivity contribution in [3.63, 3.8) is 0 Å². The predicted octanol–water partition coefficient (Wildman–Crippen LogP) is 1.96. The van der Waals surface area contributed by atoms with Crippen molar-refractivity contribution < 1.29 is 4.79 Å². The van der Waals surface area contributed by atoms with E-state index in [2.05, 4.69) is 31.9 Å². The number of aromatic nitrogens is 5. The molecule has 9 heteroatoms. The van der Waals surface area contributed by atoms with Crippen LogP contribution in [0.4, 0.5) is 17.5 Å². The Balaban J connectivity index is 1.35. The quantitative estimate of drug-likeness (QED) is 0.692. The summed E-state index contributed by atoms with van der Waals surface area (Å²) in [5.41, 5.74) is 4.47. The van der Waals surface area contributed by atoms with E-state index in [0.717, 1.165) is 67.0 Å². The minimum absolute atomic E-state index is 0.0218. The first-order valence-electron chi connectivity index (χ1n) is 11.1. The molecule has 1 saturated carbocycles. The number of imidazole rings is 1. The van der Waals surface area contributed by atoms with Gasteiger partial charge in [-0.15, -0.1) is 10.2 Å². The number of nitrogens with one attached hydrogen (secondary N) is 1. The Bertz CT molecular complexity index is 1150. The van der Waals surface area contributed by atoms with E-state index in [4.69, 9.17) is 9.97 Å². The highest BCUT2D eigenvalue weighted by Gasteiger charge is 2.28. The van der Waals surface area contributed by atoms with E-state index in [-0.39, 0.29) is 5.91 Å². The molecule has 0 bridgehead atoms. The summed E-state index contributed by atoms with van der Waals surface area (Å²) in [6, 6.07) is 3.95. The lowest BCUT2D eigenvalue weighted by Crippen LogP contribution is -2.48. The molecule has 1 N–H and O–H groups in total. The van der Waals surface area contributed by atoms with Crippen molar-refractivity contribution in [1.82, 2.24) is 30.0 Å². The molecule has 6 rings (SSSR count). The number of aryl methyl sites for hydroxylation is 1. The fourth-order valence-electron chi connectivity index (χ4n) is 4.68. The normalized spacial score (nSPS) is 18.9. The molecule has 1 saturated heterocycles. The molecule has 0 aromatic carbocycles. The largest absolute Gasteiger partial charge is 0.353 e. The van der Waals surface area contributed by atoms with Crippen molar-refractivity contribution >= 4 is 34.5 Å². The molecule has 0 unspecified atom stereocenters. The molecular weight excluding hydrogens is 392 g/mol. The first-order chi connectivity index (χ1) is 15.2. The highest BCUT2D eigenvalue weighted by molar-refractivity contribution is 5.83. The summed E-state index contributed by atoms with van der Waals surface area (Å²) in [6.45, 7) is 5.73. The van der Waals surface area contributed by atoms with Crippen LogP contribution < -0.4 is 15.1 Å². The standard InChI is InChI=1S/C22H26N8O/c1-14-16-3-2-9-30(18-7-6-17(26-27-18)28-10-8-23-19(31)12-28)21(16)25-22-20(14)24-13-29(22)11-15-4-5-15/h6-7,13,15H,2-5,8-12H2,1H3,(H,23,31). The predicted molar refractivity (Wildman–Crippen MR) is 118 cm³/mol. The minimum Gasteiger partial charge on any atom is -0.353 e. The third-order valence-electron chi connectivity index (χ3n) is 6.59. The van der Waals surface area contributed by atoms with Crippen molar-refractivity contribution in [3.8, 4) is 0 Å². The second kappa shape index (κ2) is 7.18. The maximum Gasteiger partial charge on any atom is 0.239 e. The molecule has 5 heterocycles. The Morgan fingerprint density at radius 1 is 1.16 bits per heavy atom. The van der Waals surface area contributed by atoms with Crippen LogP contribution in [0.2, 0.25) is 0 Å². The fraction of sp³-hybridized carbons (Fsp3) is 0.500. The van der Waals surface area contributed by atoms with E-state index in [1.54, 1.807) is 0 Å². The van der Waals surface area contributed by atoms with Crippen LogP contribution in [0.1, 0.15) is 30.4 Å². The van der Waals surface area contributed by atoms with E-state index in [1.165, 1.54) is 24.0 Å². The summed E-state index contributed by atoms with van der Waals surface area (Å²) in [5.74, 6) is 3.30. The van der Waals surface area contributed by atoms with Crippen molar-refractivity contribution in [2.24, 2.45) is 5.92 Å². The lowest BCUT2D eigenvalue weighted by Gasteiger charge is -2.31. The van der Waals surface area contributed by atoms with Gasteiger partial charge in [0.25, 0.3) is 0 Å². The van der Waals surface area contributed by atoms with Crippen molar-refractivity contribution in [2.75, 3.05) is 36.0 Å². The maximum atomic E-state index is 11.7. The van der Waals surface area contributed by atoms with Crippen LogP contribution >= 0.6 is 0 Å². The highest BCUT2D eigenvalue weighted by Crippen LogP contribution is 2.37. The zero-order valence-corrected chi connectivity index (χ0v) is 17.7. The molecule has 2 fully saturated rings. The lowest BCUT2D eigenvalue weighted by molar-refractivity contribution is -0.120. The van der Waals surface area contributed by atoms with E-state index < -0.39 is 0 Å². The monoisotopic (exact) mass is 418 g/mol. The van der Waals surface area contributed by atoms with Crippen molar-refractivity contribution in [1.29, 1.82) is 0 Å². The smallest absolute Gasteiger partial charge is 0.239 e. The molecule has 2 aliphatic heterocycles. The zero-order valence-electron chi connectivity index (χ0n) is 17.7. The number of nitrogens with zero attached hydrogens (tertiary/aromatic N) is 7. The summed E-state index contributed by atoms with van der Waals surface area (Å²) < 4.78 is 2.21. The van der Waals surface area contributed by atoms with Gasteiger partial charge in [0, 0.05) is 31.7 Å². The van der Waals surface area contributed by atoms with Crippen LogP contribution in [-0.4, -0.2) is 56.8 Å². The minimum atomic E-state index is 0.0218. The first kappa shape index (κ1) is 18.5. The van der Waals surface area contributed by atoms with Crippen LogP contribution in [0.25, 0.3) is 11.2 Å². The van der Waals surface area contributed by atoms with Crippen LogP contribution in [-0.2, 0) is 17.8 Å². The molecule has 0 radical (unpaired) electrons. The van der Waals surface area contributed by atoms with Gasteiger partial charge >= 0.3 is 0 Å². The van der Waals surface area contributed by atoms with E-state index in [0.29, 0.717) is 13.1 Å². The number of carbonyl (C=O) groups is 1. The van der Waals surface area contributed by atoms with E-state index in [1.807, 2.05) is 23.4 Å². The number of anilines is 3. The summed E-state index contributed by atoms with van der Waals surface area (Å²) in [7, 11) is 0. The van der Waals surface area contributed by atoms with Gasteiger partial charge in [-0.2, -0.15) is 0 Å². The Labute approximate surface area is 180 Å². The summed E-state index contributed by atoms with van der Waals surface area (Å²) in [5, 5.41) is 11.8. The number of fused-ring (bicyclic) bond motifs is 2. The summed E-state index contributed by atoms with van der Waals surface area (Å²) in [6.07, 6.45) is 6.60. The summed E-state index contributed by atoms with van der Waals surface area (Å²) >= 11 is 0. The molecule has 3 aromatic heterocycles. The molecule has 3 aromatic rings. The first-order valence-corrected chi connectivity index (χ1v) is 11.1. The lowest BCUT2D eigenvalue weighted by atomic mass is 10.00. The molecule has 9 nitrogen and oxygen atoms in total. The van der Waals surface area contributed by atoms with Crippen LogP contribution in [0.3, 0.4) is 0 Å². The van der Waals surface area contributed by atoms with Crippen LogP contribution in [0, 0.1) is 12.8 Å². The number of hydrogen-bond donors (Lipinski definition) is 1. The Morgan fingerprint density at radius 2 is 2.00 bits per heavy atom. The van der Waals surface area contributed by atoms with Gasteiger partial charge in [-0.05, 0) is 56.2 Å². The van der Waals surface area contributed by atoms with Crippen molar-refractivity contribution in [2.45, 2.75) is 39.2 Å². The van der Waals surface area contributed by atoms with Gasteiger partial charge in [0.2, 0.25) is 5.91 Å². The third-order valence-corrected chi connectivity index (χ3v) is 6.59. The average Bonchev–Trinajstić information content (AvgIpc) is 3.53. The topological polar surface area (TPSA) is 92.1 Å². The average molecular weight is 419 g/mol. The van der Waals surface area contributed by atoms with E-state index in [9.17, 15) is 4.79 Å². The molecule has 1 aliphatic carbocycles. The molecule has 0 atom stereocenters. The highest BCUT2D eigenvalue weighted by atomic mass is 16.2. The summed E-state index contributed by atoms with van der Waals surface area (Å²) in [4.78, 5) is 25.6. The van der Waals surface area contributed by atoms with Crippen molar-refractivity contribution in [3.05, 3.63) is 29.6 Å². The molecule has 3 aliphatic rings. The molecule has 1 amide bonds. The SMILES string of the molecule is Cc1c2c(nc3c1ncn3CC1CC1)N(c1ccc(N3CCNC(=O)C3)nn1)CCC2. The molecule has 0 spiro atoms. The third kappa shape index (κ3) is 3.28. The number of piperazine rings is 1. The fourth-order valence-corrected chi connectivity index (χ4v) is 4.68. The van der Waals surface area contributed by atoms with Crippen LogP contribution in [0.5, 0.6) is 0 Å². The number of carbonyl (C=O) groups excluding carboxylic acids is 1. The van der Waals surface area contributed by atoms with Gasteiger partial charge in [0.1, 0.15) is 11.3 Å². The van der Waals surface area contributed by atoms with Gasteiger partial charge in [0.15, 0.2) is 17.3 Å². The molecular formula is C22H26N8O. The molecule has 31 heavy (non-hydrogen) atoms. The van der Waals surface area contributed by atoms with Gasteiger partial charge in [0.05, 0.1) is 12.9 Å². The Kier molecular flexibility index (Phi) is 4.29. The van der Waals surface area contributed by atoms with Gasteiger partial charge < -0.3 is 19.7 Å². The Morgan fingerprint density at radius 3 is 2.77 bits per heavy atom. The van der Waals surface area contributed by atoms with Gasteiger partial charge in [-0.25, -0.2) is 9.97 Å². The number of amides is 1. The van der Waals surface area contributed by atoms with Gasteiger partial charge in [-0.1, -0.05) is 0 Å². The Hall–Kier alpha value is -3.23. The second-order valence-electron chi connectivity index (χ2n) is 8.83. The van der Waals surface area contributed by atoms with Gasteiger partial charge in [-0.3, -0.25) is 4.79 Å². The molecule has 160 valence electrons. The zero-order chi connectivity index (χ0) is 20.9. The number of rotatable bonds is 4. The second-order valence-corrected chi connectivity index (χ2v) is 8.83.